The molecule has 1 aromatic rings. The van der Waals surface area contributed by atoms with Crippen molar-refractivity contribution in [1.29, 1.82) is 0 Å². The van der Waals surface area contributed by atoms with Crippen molar-refractivity contribution in [3.8, 4) is 0 Å². The Hall–Kier alpha value is -0.310. The summed E-state index contributed by atoms with van der Waals surface area (Å²) in [5.74, 6) is 0.0560. The third kappa shape index (κ3) is 3.57. The molecule has 1 N–H and O–H groups in total. The Morgan fingerprint density at radius 3 is 2.24 bits per heavy atom. The number of nitrogens with one attached hydrogen (secondary N) is 1. The molecule has 0 amide bonds. The van der Waals surface area contributed by atoms with Gasteiger partial charge in [0, 0.05) is 22.7 Å². The molecular weight excluding hydrogens is 260 g/mol. The Balaban J connectivity index is 2.96. The van der Waals surface area contributed by atoms with E-state index in [0.717, 1.165) is 0 Å². The van der Waals surface area contributed by atoms with E-state index in [1.54, 1.807) is 0 Å². The van der Waals surface area contributed by atoms with E-state index >= 15 is 0 Å². The fourth-order valence-corrected chi connectivity index (χ4v) is 2.31. The Bertz CT molecular complexity index is 393. The molecule has 0 spiro atoms. The van der Waals surface area contributed by atoms with Crippen molar-refractivity contribution in [1.82, 2.24) is 5.32 Å². The third-order valence-electron chi connectivity index (χ3n) is 3.03. The second kappa shape index (κ2) is 6.03. The van der Waals surface area contributed by atoms with Crippen molar-refractivity contribution in [3.63, 3.8) is 0 Å². The smallest absolute Gasteiger partial charge is 0.142 e. The van der Waals surface area contributed by atoms with Crippen molar-refractivity contribution in [2.75, 3.05) is 0 Å². The van der Waals surface area contributed by atoms with Gasteiger partial charge < -0.3 is 5.32 Å². The van der Waals surface area contributed by atoms with Crippen molar-refractivity contribution in [2.45, 2.75) is 39.8 Å². The molecule has 0 aromatic heterocycles. The molecule has 4 heteroatoms. The van der Waals surface area contributed by atoms with Crippen LogP contribution < -0.4 is 5.32 Å². The van der Waals surface area contributed by atoms with Crippen LogP contribution in [0.15, 0.2) is 12.1 Å². The summed E-state index contributed by atoms with van der Waals surface area (Å²) in [5, 5.41) is 3.97. The molecule has 0 aliphatic heterocycles. The summed E-state index contributed by atoms with van der Waals surface area (Å²) in [5.41, 5.74) is 0.626. The average molecular weight is 278 g/mol. The number of hydrogen-bond donors (Lipinski definition) is 1. The molecule has 2 atom stereocenters. The van der Waals surface area contributed by atoms with E-state index in [0.29, 0.717) is 22.5 Å². The fourth-order valence-electron chi connectivity index (χ4n) is 1.61. The average Bonchev–Trinajstić information content (AvgIpc) is 2.24. The van der Waals surface area contributed by atoms with Crippen LogP contribution in [0.1, 0.15) is 39.3 Å². The van der Waals surface area contributed by atoms with Crippen molar-refractivity contribution >= 4 is 23.2 Å². The predicted octanol–water partition coefficient (Wildman–Crippen LogP) is 4.83. The van der Waals surface area contributed by atoms with Gasteiger partial charge in [-0.1, -0.05) is 37.0 Å². The van der Waals surface area contributed by atoms with Crippen molar-refractivity contribution < 1.29 is 4.39 Å². The Morgan fingerprint density at radius 2 is 1.71 bits per heavy atom. The first kappa shape index (κ1) is 14.7. The largest absolute Gasteiger partial charge is 0.307 e. The zero-order valence-corrected chi connectivity index (χ0v) is 12.0. The number of benzene rings is 1. The first-order valence-electron chi connectivity index (χ1n) is 5.74. The zero-order chi connectivity index (χ0) is 13.2. The molecular formula is C13H18Cl2FN. The maximum absolute atomic E-state index is 13.4. The van der Waals surface area contributed by atoms with Crippen LogP contribution in [-0.4, -0.2) is 6.04 Å². The summed E-state index contributed by atoms with van der Waals surface area (Å²) < 4.78 is 13.4. The maximum atomic E-state index is 13.4. The quantitative estimate of drug-likeness (QED) is 0.778. The summed E-state index contributed by atoms with van der Waals surface area (Å²) in [6.07, 6.45) is 0. The lowest BCUT2D eigenvalue weighted by molar-refractivity contribution is 0.388. The maximum Gasteiger partial charge on any atom is 0.142 e. The van der Waals surface area contributed by atoms with E-state index in [1.807, 2.05) is 6.92 Å². The minimum atomic E-state index is -0.433. The second-order valence-electron chi connectivity index (χ2n) is 4.68. The van der Waals surface area contributed by atoms with Crippen LogP contribution in [-0.2, 0) is 0 Å². The van der Waals surface area contributed by atoms with Crippen LogP contribution in [0.25, 0.3) is 0 Å². The lowest BCUT2D eigenvalue weighted by atomic mass is 10.0. The molecule has 0 saturated carbocycles. The SMILES string of the molecule is CC(NC(C)C(C)C)c1c(Cl)ccc(F)c1Cl. The highest BCUT2D eigenvalue weighted by molar-refractivity contribution is 6.36. The zero-order valence-electron chi connectivity index (χ0n) is 10.5. The number of rotatable bonds is 4. The van der Waals surface area contributed by atoms with Gasteiger partial charge >= 0.3 is 0 Å². The molecule has 0 bridgehead atoms. The van der Waals surface area contributed by atoms with Gasteiger partial charge in [-0.25, -0.2) is 4.39 Å². The van der Waals surface area contributed by atoms with Gasteiger partial charge in [-0.2, -0.15) is 0 Å². The van der Waals surface area contributed by atoms with Gasteiger partial charge in [0.1, 0.15) is 5.82 Å². The molecule has 0 radical (unpaired) electrons. The van der Waals surface area contributed by atoms with Gasteiger partial charge in [0.05, 0.1) is 5.02 Å². The molecule has 0 aliphatic carbocycles. The van der Waals surface area contributed by atoms with Crippen molar-refractivity contribution in [2.24, 2.45) is 5.92 Å². The van der Waals surface area contributed by atoms with E-state index in [2.05, 4.69) is 26.1 Å². The highest BCUT2D eigenvalue weighted by atomic mass is 35.5. The third-order valence-corrected chi connectivity index (χ3v) is 3.74. The van der Waals surface area contributed by atoms with Gasteiger partial charge in [0.25, 0.3) is 0 Å². The van der Waals surface area contributed by atoms with Crippen LogP contribution in [0.4, 0.5) is 4.39 Å². The van der Waals surface area contributed by atoms with Gasteiger partial charge in [-0.05, 0) is 31.9 Å². The first-order valence-corrected chi connectivity index (χ1v) is 6.49. The Morgan fingerprint density at radius 1 is 1.12 bits per heavy atom. The summed E-state index contributed by atoms with van der Waals surface area (Å²) in [7, 11) is 0. The van der Waals surface area contributed by atoms with Crippen LogP contribution in [0.5, 0.6) is 0 Å². The molecule has 0 fully saturated rings. The molecule has 96 valence electrons. The summed E-state index contributed by atoms with van der Waals surface area (Å²) in [4.78, 5) is 0. The molecule has 1 nitrogen and oxygen atoms in total. The van der Waals surface area contributed by atoms with E-state index in [9.17, 15) is 4.39 Å². The van der Waals surface area contributed by atoms with Gasteiger partial charge in [0.2, 0.25) is 0 Å². The predicted molar refractivity (Wildman–Crippen MR) is 72.3 cm³/mol. The van der Waals surface area contributed by atoms with Crippen LogP contribution in [0.3, 0.4) is 0 Å². The topological polar surface area (TPSA) is 12.0 Å². The highest BCUT2D eigenvalue weighted by Crippen LogP contribution is 2.32. The summed E-state index contributed by atoms with van der Waals surface area (Å²) in [6.45, 7) is 8.27. The first-order chi connectivity index (χ1) is 7.84. The fraction of sp³-hybridized carbons (Fsp3) is 0.538. The summed E-state index contributed by atoms with van der Waals surface area (Å²) >= 11 is 12.0. The molecule has 1 aromatic carbocycles. The second-order valence-corrected chi connectivity index (χ2v) is 5.46. The Kier molecular flexibility index (Phi) is 5.23. The molecule has 0 aliphatic rings. The van der Waals surface area contributed by atoms with Gasteiger partial charge in [-0.3, -0.25) is 0 Å². The van der Waals surface area contributed by atoms with Gasteiger partial charge in [0.15, 0.2) is 0 Å². The molecule has 2 unspecified atom stereocenters. The minimum Gasteiger partial charge on any atom is -0.307 e. The molecule has 0 heterocycles. The van der Waals surface area contributed by atoms with Crippen LogP contribution >= 0.6 is 23.2 Å². The van der Waals surface area contributed by atoms with Gasteiger partial charge in [-0.15, -0.1) is 0 Å². The van der Waals surface area contributed by atoms with E-state index in [4.69, 9.17) is 23.2 Å². The Labute approximate surface area is 112 Å². The monoisotopic (exact) mass is 277 g/mol. The van der Waals surface area contributed by atoms with E-state index in [1.165, 1.54) is 12.1 Å². The van der Waals surface area contributed by atoms with Crippen LogP contribution in [0, 0.1) is 11.7 Å². The molecule has 0 saturated heterocycles. The lowest BCUT2D eigenvalue weighted by Crippen LogP contribution is -2.33. The normalized spacial score (nSPS) is 15.1. The number of halogens is 3. The lowest BCUT2D eigenvalue weighted by Gasteiger charge is -2.24. The van der Waals surface area contributed by atoms with Crippen molar-refractivity contribution in [3.05, 3.63) is 33.6 Å². The van der Waals surface area contributed by atoms with Crippen LogP contribution in [0.2, 0.25) is 10.0 Å². The van der Waals surface area contributed by atoms with E-state index < -0.39 is 5.82 Å². The number of hydrogen-bond acceptors (Lipinski definition) is 1. The van der Waals surface area contributed by atoms with E-state index in [-0.39, 0.29) is 11.1 Å². The minimum absolute atomic E-state index is 0.0805. The molecule has 17 heavy (non-hydrogen) atoms. The molecule has 1 rings (SSSR count). The standard InChI is InChI=1S/C13H18Cl2FN/c1-7(2)8(3)17-9(4)12-10(14)5-6-11(16)13(12)15/h5-9,17H,1-4H3. The highest BCUT2D eigenvalue weighted by Gasteiger charge is 2.19. The summed E-state index contributed by atoms with van der Waals surface area (Å²) in [6, 6.07) is 3.05.